The summed E-state index contributed by atoms with van der Waals surface area (Å²) in [4.78, 5) is 5.40. The summed E-state index contributed by atoms with van der Waals surface area (Å²) in [5.74, 6) is 1.74. The number of allylic oxidation sites excluding steroid dienone is 2. The topological polar surface area (TPSA) is 128 Å². The Morgan fingerprint density at radius 3 is 2.38 bits per heavy atom. The summed E-state index contributed by atoms with van der Waals surface area (Å²) in [6, 6.07) is 10.8. The van der Waals surface area contributed by atoms with E-state index in [1.807, 2.05) is 11.4 Å². The SMILES string of the molecule is C1COCC[NH2+]1.N#CC(=C=[N-])C1=NC(O)(c2cccs2)C(c2cccs2)=C1C#N. The lowest BCUT2D eigenvalue weighted by atomic mass is 9.95. The number of nitrogens with zero attached hydrogens (tertiary/aromatic N) is 4. The molecular weight excluding hydrogens is 406 g/mol. The summed E-state index contributed by atoms with van der Waals surface area (Å²) >= 11 is 2.65. The monoisotopic (exact) mass is 423 g/mol. The van der Waals surface area contributed by atoms with Gasteiger partial charge >= 0.3 is 0 Å². The standard InChI is InChI=1S/C16H7N4OS2.C4H9NO/c17-7-10(8-18)15-11(9-19)14(12-3-1-5-22-12)16(21,20-15)13-4-2-6-23-13;1-3-6-4-2-5-1/h1-6,21H;5H,1-4H2/q-1;/p+1. The van der Waals surface area contributed by atoms with Gasteiger partial charge in [0, 0.05) is 10.5 Å². The molecule has 0 saturated carbocycles. The van der Waals surface area contributed by atoms with E-state index >= 15 is 0 Å². The van der Waals surface area contributed by atoms with Gasteiger partial charge in [0.05, 0.1) is 42.3 Å². The zero-order valence-corrected chi connectivity index (χ0v) is 17.0. The van der Waals surface area contributed by atoms with Crippen molar-refractivity contribution in [1.82, 2.24) is 0 Å². The van der Waals surface area contributed by atoms with Crippen molar-refractivity contribution >= 4 is 39.8 Å². The molecule has 0 aliphatic carbocycles. The Bertz CT molecular complexity index is 1040. The van der Waals surface area contributed by atoms with E-state index in [2.05, 4.69) is 10.3 Å². The molecule has 7 nitrogen and oxygen atoms in total. The summed E-state index contributed by atoms with van der Waals surface area (Å²) in [7, 11) is 0. The van der Waals surface area contributed by atoms with Gasteiger partial charge in [-0.15, -0.1) is 22.7 Å². The Morgan fingerprint density at radius 1 is 1.21 bits per heavy atom. The van der Waals surface area contributed by atoms with Crippen molar-refractivity contribution in [3.63, 3.8) is 0 Å². The third-order valence-corrected chi connectivity index (χ3v) is 6.10. The second kappa shape index (κ2) is 9.55. The Morgan fingerprint density at radius 2 is 1.93 bits per heavy atom. The zero-order valence-electron chi connectivity index (χ0n) is 15.3. The molecule has 0 bridgehead atoms. The van der Waals surface area contributed by atoms with Crippen LogP contribution in [0.15, 0.2) is 51.2 Å². The first-order chi connectivity index (χ1) is 14.2. The molecule has 0 radical (unpaired) electrons. The van der Waals surface area contributed by atoms with Gasteiger partial charge in [0.2, 0.25) is 5.72 Å². The lowest BCUT2D eigenvalue weighted by Crippen LogP contribution is -2.87. The van der Waals surface area contributed by atoms with E-state index < -0.39 is 5.72 Å². The molecule has 2 aromatic heterocycles. The minimum atomic E-state index is -1.77. The van der Waals surface area contributed by atoms with Crippen molar-refractivity contribution in [2.45, 2.75) is 5.72 Å². The van der Waals surface area contributed by atoms with Crippen LogP contribution in [0.1, 0.15) is 9.75 Å². The van der Waals surface area contributed by atoms with Crippen LogP contribution in [0.2, 0.25) is 0 Å². The maximum Gasteiger partial charge on any atom is 0.221 e. The number of hydrogen-bond acceptors (Lipinski definition) is 7. The van der Waals surface area contributed by atoms with E-state index in [-0.39, 0.29) is 16.9 Å². The highest BCUT2D eigenvalue weighted by Crippen LogP contribution is 2.47. The Balaban J connectivity index is 0.000000343. The first-order valence-electron chi connectivity index (χ1n) is 8.78. The van der Waals surface area contributed by atoms with Gasteiger partial charge in [0.1, 0.15) is 17.9 Å². The number of aliphatic hydroxyl groups is 1. The molecule has 9 heteroatoms. The van der Waals surface area contributed by atoms with Crippen LogP contribution in [0.25, 0.3) is 11.0 Å². The number of thiophene rings is 2. The molecular formula is C20H17N5O2S2. The third kappa shape index (κ3) is 4.26. The van der Waals surface area contributed by atoms with Crippen molar-refractivity contribution in [3.05, 3.63) is 61.3 Å². The molecule has 2 aromatic rings. The molecule has 4 heterocycles. The van der Waals surface area contributed by atoms with E-state index in [1.165, 1.54) is 22.7 Å². The van der Waals surface area contributed by atoms with Gasteiger partial charge in [-0.05, 0) is 22.9 Å². The van der Waals surface area contributed by atoms with Crippen LogP contribution in [0, 0.1) is 22.7 Å². The molecule has 2 aliphatic rings. The van der Waals surface area contributed by atoms with Crippen molar-refractivity contribution in [2.75, 3.05) is 26.3 Å². The van der Waals surface area contributed by atoms with Gasteiger partial charge in [0.15, 0.2) is 0 Å². The number of ether oxygens (including phenoxy) is 1. The fourth-order valence-electron chi connectivity index (χ4n) is 2.94. The van der Waals surface area contributed by atoms with Gasteiger partial charge in [-0.3, -0.25) is 0 Å². The molecule has 1 atom stereocenters. The highest BCUT2D eigenvalue weighted by molar-refractivity contribution is 7.11. The largest absolute Gasteiger partial charge is 0.762 e. The molecule has 1 unspecified atom stereocenters. The fraction of sp³-hybridized carbons (Fsp3) is 0.250. The van der Waals surface area contributed by atoms with Crippen LogP contribution in [0.3, 0.4) is 0 Å². The highest BCUT2D eigenvalue weighted by atomic mass is 32.1. The maximum absolute atomic E-state index is 11.2. The molecule has 0 amide bonds. The summed E-state index contributed by atoms with van der Waals surface area (Å²) in [6.45, 7) is 4.19. The number of nitriles is 2. The Kier molecular flexibility index (Phi) is 6.86. The molecule has 1 fully saturated rings. The number of hydrogen-bond donors (Lipinski definition) is 2. The minimum Gasteiger partial charge on any atom is -0.762 e. The average Bonchev–Trinajstić information content (AvgIpc) is 3.52. The van der Waals surface area contributed by atoms with E-state index in [9.17, 15) is 10.4 Å². The molecule has 146 valence electrons. The predicted octanol–water partition coefficient (Wildman–Crippen LogP) is 1.66. The van der Waals surface area contributed by atoms with Crippen molar-refractivity contribution in [3.8, 4) is 12.1 Å². The van der Waals surface area contributed by atoms with Crippen molar-refractivity contribution < 1.29 is 15.2 Å². The van der Waals surface area contributed by atoms with Gasteiger partial charge in [-0.1, -0.05) is 12.1 Å². The molecule has 0 aromatic carbocycles. The summed E-state index contributed by atoms with van der Waals surface area (Å²) in [6.07, 6.45) is 0. The summed E-state index contributed by atoms with van der Waals surface area (Å²) < 4.78 is 5.04. The van der Waals surface area contributed by atoms with E-state index in [1.54, 1.807) is 41.6 Å². The fourth-order valence-corrected chi connectivity index (χ4v) is 4.53. The number of morpholine rings is 1. The van der Waals surface area contributed by atoms with E-state index in [0.29, 0.717) is 15.3 Å². The molecule has 3 N–H and O–H groups in total. The third-order valence-electron chi connectivity index (χ3n) is 4.25. The quantitative estimate of drug-likeness (QED) is 0.574. The van der Waals surface area contributed by atoms with Crippen LogP contribution in [0.4, 0.5) is 0 Å². The Hall–Kier alpha value is -2.88. The van der Waals surface area contributed by atoms with Gasteiger partial charge in [0.25, 0.3) is 0 Å². The second-order valence-electron chi connectivity index (χ2n) is 6.03. The second-order valence-corrected chi connectivity index (χ2v) is 7.92. The summed E-state index contributed by atoms with van der Waals surface area (Å²) in [5, 5.41) is 44.9. The van der Waals surface area contributed by atoms with Crippen LogP contribution < -0.4 is 5.32 Å². The normalized spacial score (nSPS) is 20.6. The van der Waals surface area contributed by atoms with Gasteiger partial charge < -0.3 is 20.6 Å². The van der Waals surface area contributed by atoms with Crippen molar-refractivity contribution in [1.29, 1.82) is 10.5 Å². The van der Waals surface area contributed by atoms with Crippen LogP contribution in [-0.4, -0.2) is 43.0 Å². The smallest absolute Gasteiger partial charge is 0.221 e. The first kappa shape index (κ1) is 20.8. The number of aliphatic imine (C=N–C) groups is 1. The molecule has 29 heavy (non-hydrogen) atoms. The van der Waals surface area contributed by atoms with Crippen LogP contribution in [-0.2, 0) is 10.5 Å². The molecule has 1 saturated heterocycles. The Labute approximate surface area is 176 Å². The van der Waals surface area contributed by atoms with Crippen LogP contribution in [0.5, 0.6) is 0 Å². The highest BCUT2D eigenvalue weighted by Gasteiger charge is 2.45. The first-order valence-corrected chi connectivity index (χ1v) is 10.5. The molecule has 2 aliphatic heterocycles. The maximum atomic E-state index is 11.2. The predicted molar refractivity (Wildman–Crippen MR) is 112 cm³/mol. The summed E-state index contributed by atoms with van der Waals surface area (Å²) in [5.41, 5.74) is -1.74. The minimum absolute atomic E-state index is 0.0569. The van der Waals surface area contributed by atoms with Gasteiger partial charge in [-0.2, -0.15) is 10.5 Å². The van der Waals surface area contributed by atoms with Crippen molar-refractivity contribution in [2.24, 2.45) is 4.99 Å². The number of quaternary nitrogens is 1. The van der Waals surface area contributed by atoms with Gasteiger partial charge in [-0.25, -0.2) is 10.9 Å². The molecule has 4 rings (SSSR count). The van der Waals surface area contributed by atoms with E-state index in [4.69, 9.17) is 15.4 Å². The molecule has 0 spiro atoms. The van der Waals surface area contributed by atoms with E-state index in [0.717, 1.165) is 26.3 Å². The zero-order chi connectivity index (χ0) is 20.7. The number of nitrogens with two attached hydrogens (primary N) is 1. The number of rotatable bonds is 3. The lowest BCUT2D eigenvalue weighted by Gasteiger charge is -2.21. The lowest BCUT2D eigenvalue weighted by molar-refractivity contribution is -0.670. The average molecular weight is 424 g/mol. The van der Waals surface area contributed by atoms with Crippen LogP contribution >= 0.6 is 22.7 Å².